The number of aromatic nitrogens is 3. The number of carbonyl (C=O) groups is 1. The molecular weight excluding hydrogens is 278 g/mol. The molecule has 2 aromatic rings. The predicted octanol–water partition coefficient (Wildman–Crippen LogP) is 1.67. The lowest BCUT2D eigenvalue weighted by molar-refractivity contribution is 0.0669. The minimum Gasteiger partial charge on any atom is -0.338 e. The Bertz CT molecular complexity index is 606. The highest BCUT2D eigenvalue weighted by molar-refractivity contribution is 5.94. The number of piperidine rings is 1. The molecule has 1 fully saturated rings. The van der Waals surface area contributed by atoms with E-state index in [0.717, 1.165) is 37.1 Å². The van der Waals surface area contributed by atoms with Crippen LogP contribution in [0.4, 0.5) is 0 Å². The first-order valence-corrected chi connectivity index (χ1v) is 7.73. The molecule has 116 valence electrons. The van der Waals surface area contributed by atoms with Gasteiger partial charge in [-0.15, -0.1) is 0 Å². The van der Waals surface area contributed by atoms with Crippen LogP contribution in [-0.2, 0) is 0 Å². The summed E-state index contributed by atoms with van der Waals surface area (Å²) < 4.78 is 0. The standard InChI is InChI=1S/C16H21N5O/c17-8-7-12-2-1-9-21(10-12)16(22)14-5-3-13(4-6-14)15-18-11-19-20-15/h3-6,11-12H,1-2,7-10,17H2,(H,18,19,20)/t12-/m0/s1. The van der Waals surface area contributed by atoms with E-state index in [-0.39, 0.29) is 5.91 Å². The third kappa shape index (κ3) is 3.17. The molecule has 1 aliphatic heterocycles. The first-order valence-electron chi connectivity index (χ1n) is 7.73. The molecule has 2 heterocycles. The SMILES string of the molecule is NCC[C@@H]1CCCN(C(=O)c2ccc(-c3ncn[nH]3)cc2)C1. The minimum absolute atomic E-state index is 0.103. The molecule has 3 N–H and O–H groups in total. The number of H-pyrrole nitrogens is 1. The number of amides is 1. The van der Waals surface area contributed by atoms with Gasteiger partial charge in [0.2, 0.25) is 0 Å². The second-order valence-corrected chi connectivity index (χ2v) is 5.75. The minimum atomic E-state index is 0.103. The van der Waals surface area contributed by atoms with Gasteiger partial charge in [0.05, 0.1) is 0 Å². The van der Waals surface area contributed by atoms with Crippen LogP contribution in [0.25, 0.3) is 11.4 Å². The highest BCUT2D eigenvalue weighted by Gasteiger charge is 2.23. The smallest absolute Gasteiger partial charge is 0.253 e. The van der Waals surface area contributed by atoms with Crippen LogP contribution < -0.4 is 5.73 Å². The fourth-order valence-electron chi connectivity index (χ4n) is 3.02. The summed E-state index contributed by atoms with van der Waals surface area (Å²) in [5.74, 6) is 1.35. The summed E-state index contributed by atoms with van der Waals surface area (Å²) in [5, 5.41) is 6.65. The molecule has 6 heteroatoms. The van der Waals surface area contributed by atoms with Crippen molar-refractivity contribution >= 4 is 5.91 Å². The number of hydrogen-bond acceptors (Lipinski definition) is 4. The third-order valence-electron chi connectivity index (χ3n) is 4.20. The van der Waals surface area contributed by atoms with Crippen LogP contribution in [0.2, 0.25) is 0 Å². The van der Waals surface area contributed by atoms with E-state index in [1.807, 2.05) is 29.2 Å². The number of benzene rings is 1. The molecule has 1 aliphatic rings. The quantitative estimate of drug-likeness (QED) is 0.899. The van der Waals surface area contributed by atoms with Gasteiger partial charge in [-0.25, -0.2) is 4.98 Å². The van der Waals surface area contributed by atoms with Crippen molar-refractivity contribution in [2.24, 2.45) is 11.7 Å². The molecule has 1 atom stereocenters. The van der Waals surface area contributed by atoms with E-state index in [1.165, 1.54) is 12.7 Å². The Kier molecular flexibility index (Phi) is 4.48. The maximum absolute atomic E-state index is 12.6. The fraction of sp³-hybridized carbons (Fsp3) is 0.438. The lowest BCUT2D eigenvalue weighted by Crippen LogP contribution is -2.40. The summed E-state index contributed by atoms with van der Waals surface area (Å²) in [7, 11) is 0. The Balaban J connectivity index is 1.69. The molecular formula is C16H21N5O. The number of nitrogens with two attached hydrogens (primary N) is 1. The second kappa shape index (κ2) is 6.70. The van der Waals surface area contributed by atoms with Crippen molar-refractivity contribution in [3.05, 3.63) is 36.2 Å². The van der Waals surface area contributed by atoms with Crippen molar-refractivity contribution in [2.75, 3.05) is 19.6 Å². The zero-order chi connectivity index (χ0) is 15.4. The first-order chi connectivity index (χ1) is 10.8. The van der Waals surface area contributed by atoms with Gasteiger partial charge in [0.15, 0.2) is 5.82 Å². The van der Waals surface area contributed by atoms with Gasteiger partial charge < -0.3 is 10.6 Å². The molecule has 1 aromatic carbocycles. The van der Waals surface area contributed by atoms with E-state index in [2.05, 4.69) is 15.2 Å². The van der Waals surface area contributed by atoms with Gasteiger partial charge in [-0.3, -0.25) is 9.89 Å². The van der Waals surface area contributed by atoms with Crippen molar-refractivity contribution in [1.82, 2.24) is 20.1 Å². The first kappa shape index (κ1) is 14.7. The molecule has 1 aromatic heterocycles. The van der Waals surface area contributed by atoms with Crippen LogP contribution in [0.3, 0.4) is 0 Å². The maximum Gasteiger partial charge on any atom is 0.253 e. The van der Waals surface area contributed by atoms with Crippen molar-refractivity contribution in [1.29, 1.82) is 0 Å². The molecule has 1 amide bonds. The molecule has 3 rings (SSSR count). The molecule has 1 saturated heterocycles. The van der Waals surface area contributed by atoms with Gasteiger partial charge in [-0.2, -0.15) is 5.10 Å². The highest BCUT2D eigenvalue weighted by Crippen LogP contribution is 2.22. The van der Waals surface area contributed by atoms with E-state index < -0.39 is 0 Å². The number of carbonyl (C=O) groups excluding carboxylic acids is 1. The molecule has 0 spiro atoms. The van der Waals surface area contributed by atoms with E-state index in [1.54, 1.807) is 0 Å². The number of rotatable bonds is 4. The zero-order valence-electron chi connectivity index (χ0n) is 12.5. The summed E-state index contributed by atoms with van der Waals surface area (Å²) in [6.45, 7) is 2.35. The number of likely N-dealkylation sites (tertiary alicyclic amines) is 1. The van der Waals surface area contributed by atoms with Gasteiger partial charge in [0.1, 0.15) is 6.33 Å². The lowest BCUT2D eigenvalue weighted by Gasteiger charge is -2.32. The zero-order valence-corrected chi connectivity index (χ0v) is 12.5. The number of aromatic amines is 1. The Morgan fingerprint density at radius 3 is 2.86 bits per heavy atom. The summed E-state index contributed by atoms with van der Waals surface area (Å²) in [6, 6.07) is 7.50. The number of nitrogens with zero attached hydrogens (tertiary/aromatic N) is 3. The summed E-state index contributed by atoms with van der Waals surface area (Å²) >= 11 is 0. The Morgan fingerprint density at radius 2 is 2.18 bits per heavy atom. The van der Waals surface area contributed by atoms with Gasteiger partial charge in [0, 0.05) is 24.2 Å². The third-order valence-corrected chi connectivity index (χ3v) is 4.20. The van der Waals surface area contributed by atoms with E-state index >= 15 is 0 Å². The summed E-state index contributed by atoms with van der Waals surface area (Å²) in [6.07, 6.45) is 4.70. The van der Waals surface area contributed by atoms with E-state index in [4.69, 9.17) is 5.73 Å². The highest BCUT2D eigenvalue weighted by atomic mass is 16.2. The molecule has 0 saturated carbocycles. The Labute approximate surface area is 129 Å². The number of nitrogens with one attached hydrogen (secondary N) is 1. The van der Waals surface area contributed by atoms with Gasteiger partial charge >= 0.3 is 0 Å². The van der Waals surface area contributed by atoms with Crippen LogP contribution in [-0.4, -0.2) is 45.6 Å². The lowest BCUT2D eigenvalue weighted by atomic mass is 9.94. The van der Waals surface area contributed by atoms with Crippen molar-refractivity contribution in [3.63, 3.8) is 0 Å². The predicted molar refractivity (Wildman–Crippen MR) is 84.1 cm³/mol. The van der Waals surface area contributed by atoms with Gasteiger partial charge in [0.25, 0.3) is 5.91 Å². The Hall–Kier alpha value is -2.21. The summed E-state index contributed by atoms with van der Waals surface area (Å²) in [4.78, 5) is 18.7. The molecule has 0 radical (unpaired) electrons. The monoisotopic (exact) mass is 299 g/mol. The van der Waals surface area contributed by atoms with Crippen LogP contribution >= 0.6 is 0 Å². The largest absolute Gasteiger partial charge is 0.338 e. The summed E-state index contributed by atoms with van der Waals surface area (Å²) in [5.41, 5.74) is 7.28. The molecule has 0 bridgehead atoms. The van der Waals surface area contributed by atoms with Crippen LogP contribution in [0, 0.1) is 5.92 Å². The molecule has 22 heavy (non-hydrogen) atoms. The van der Waals surface area contributed by atoms with Crippen LogP contribution in [0.5, 0.6) is 0 Å². The molecule has 0 unspecified atom stereocenters. The second-order valence-electron chi connectivity index (χ2n) is 5.75. The average molecular weight is 299 g/mol. The van der Waals surface area contributed by atoms with Crippen LogP contribution in [0.1, 0.15) is 29.6 Å². The van der Waals surface area contributed by atoms with Gasteiger partial charge in [-0.05, 0) is 43.9 Å². The number of hydrogen-bond donors (Lipinski definition) is 2. The Morgan fingerprint density at radius 1 is 1.36 bits per heavy atom. The van der Waals surface area contributed by atoms with Crippen LogP contribution in [0.15, 0.2) is 30.6 Å². The van der Waals surface area contributed by atoms with Gasteiger partial charge in [-0.1, -0.05) is 12.1 Å². The maximum atomic E-state index is 12.6. The van der Waals surface area contributed by atoms with Crippen molar-refractivity contribution < 1.29 is 4.79 Å². The molecule has 0 aliphatic carbocycles. The van der Waals surface area contributed by atoms with Crippen molar-refractivity contribution in [3.8, 4) is 11.4 Å². The molecule has 6 nitrogen and oxygen atoms in total. The van der Waals surface area contributed by atoms with E-state index in [0.29, 0.717) is 18.3 Å². The average Bonchev–Trinajstić information content (AvgIpc) is 3.09. The van der Waals surface area contributed by atoms with Crippen molar-refractivity contribution in [2.45, 2.75) is 19.3 Å². The topological polar surface area (TPSA) is 87.9 Å². The fourth-order valence-corrected chi connectivity index (χ4v) is 3.02. The normalized spacial score (nSPS) is 18.4. The van der Waals surface area contributed by atoms with E-state index in [9.17, 15) is 4.79 Å².